The van der Waals surface area contributed by atoms with Crippen LogP contribution in [0.4, 0.5) is 8.78 Å². The summed E-state index contributed by atoms with van der Waals surface area (Å²) in [5, 5.41) is 6.33. The first kappa shape index (κ1) is 23.3. The molecule has 2 aliphatic rings. The highest BCUT2D eigenvalue weighted by Crippen LogP contribution is 2.40. The monoisotopic (exact) mass is 457 g/mol. The van der Waals surface area contributed by atoms with E-state index < -0.39 is 17.8 Å². The second-order valence-corrected chi connectivity index (χ2v) is 8.57. The Labute approximate surface area is 192 Å². The van der Waals surface area contributed by atoms with Crippen molar-refractivity contribution in [2.24, 2.45) is 0 Å². The predicted octanol–water partition coefficient (Wildman–Crippen LogP) is 2.85. The lowest BCUT2D eigenvalue weighted by Gasteiger charge is -2.31. The van der Waals surface area contributed by atoms with Gasteiger partial charge in [0, 0.05) is 30.6 Å². The molecule has 6 nitrogen and oxygen atoms in total. The van der Waals surface area contributed by atoms with Crippen molar-refractivity contribution in [2.75, 3.05) is 32.8 Å². The second kappa shape index (κ2) is 10.9. The number of halogens is 2. The number of benzene rings is 2. The molecule has 0 bridgehead atoms. The number of nitrogens with zero attached hydrogens (tertiary/aromatic N) is 1. The summed E-state index contributed by atoms with van der Waals surface area (Å²) in [6.45, 7) is 2.68. The standard InChI is InChI=1S/C25H29F2N3O3/c26-19-7-3-17(4-8-19)21-16-23(21)28-11-1-2-22(25(32)30-12-14-33-15-13-30)29-24(31)18-5-9-20(27)10-6-18/h3-10,21-23,28H,1-2,11-16H2,(H,29,31)/t21-,22-,23+/m0/s1. The molecule has 1 aliphatic heterocycles. The summed E-state index contributed by atoms with van der Waals surface area (Å²) < 4.78 is 31.6. The molecule has 1 saturated carbocycles. The smallest absolute Gasteiger partial charge is 0.251 e. The minimum atomic E-state index is -0.658. The quantitative estimate of drug-likeness (QED) is 0.568. The molecule has 1 aliphatic carbocycles. The van der Waals surface area contributed by atoms with Crippen LogP contribution in [0.2, 0.25) is 0 Å². The van der Waals surface area contributed by atoms with Crippen LogP contribution in [0, 0.1) is 11.6 Å². The Morgan fingerprint density at radius 2 is 1.64 bits per heavy atom. The number of carbonyl (C=O) groups is 2. The highest BCUT2D eigenvalue weighted by Gasteiger charge is 2.37. The van der Waals surface area contributed by atoms with Gasteiger partial charge in [-0.1, -0.05) is 12.1 Å². The fourth-order valence-electron chi connectivity index (χ4n) is 4.20. The molecule has 2 N–H and O–H groups in total. The van der Waals surface area contributed by atoms with Gasteiger partial charge in [-0.05, 0) is 67.8 Å². The zero-order valence-corrected chi connectivity index (χ0v) is 18.4. The molecular formula is C25H29F2N3O3. The maximum Gasteiger partial charge on any atom is 0.251 e. The summed E-state index contributed by atoms with van der Waals surface area (Å²) in [4.78, 5) is 27.4. The predicted molar refractivity (Wildman–Crippen MR) is 120 cm³/mol. The molecule has 2 amide bonds. The second-order valence-electron chi connectivity index (χ2n) is 8.57. The van der Waals surface area contributed by atoms with E-state index in [4.69, 9.17) is 4.74 Å². The number of nitrogens with one attached hydrogen (secondary N) is 2. The Balaban J connectivity index is 1.29. The molecule has 176 valence electrons. The van der Waals surface area contributed by atoms with Crippen molar-refractivity contribution >= 4 is 11.8 Å². The third kappa shape index (κ3) is 6.36. The molecule has 0 unspecified atom stereocenters. The topological polar surface area (TPSA) is 70.7 Å². The van der Waals surface area contributed by atoms with E-state index in [1.165, 1.54) is 36.4 Å². The summed E-state index contributed by atoms with van der Waals surface area (Å²) in [7, 11) is 0. The van der Waals surface area contributed by atoms with E-state index in [0.717, 1.165) is 12.0 Å². The van der Waals surface area contributed by atoms with E-state index in [9.17, 15) is 18.4 Å². The Morgan fingerprint density at radius 3 is 2.30 bits per heavy atom. The fourth-order valence-corrected chi connectivity index (χ4v) is 4.20. The first-order valence-corrected chi connectivity index (χ1v) is 11.4. The van der Waals surface area contributed by atoms with Gasteiger partial charge in [0.25, 0.3) is 5.91 Å². The van der Waals surface area contributed by atoms with E-state index in [1.54, 1.807) is 4.90 Å². The van der Waals surface area contributed by atoms with Gasteiger partial charge in [0.15, 0.2) is 0 Å². The van der Waals surface area contributed by atoms with Crippen LogP contribution in [-0.4, -0.2) is 61.6 Å². The van der Waals surface area contributed by atoms with Gasteiger partial charge in [-0.15, -0.1) is 0 Å². The Bertz CT molecular complexity index is 946. The minimum absolute atomic E-state index is 0.121. The van der Waals surface area contributed by atoms with Crippen molar-refractivity contribution < 1.29 is 23.1 Å². The van der Waals surface area contributed by atoms with Crippen LogP contribution in [0.5, 0.6) is 0 Å². The van der Waals surface area contributed by atoms with Crippen LogP contribution in [0.1, 0.15) is 41.1 Å². The molecule has 4 rings (SSSR count). The first-order valence-electron chi connectivity index (χ1n) is 11.4. The van der Waals surface area contributed by atoms with Gasteiger partial charge in [-0.3, -0.25) is 9.59 Å². The number of carbonyl (C=O) groups excluding carboxylic acids is 2. The van der Waals surface area contributed by atoms with Crippen molar-refractivity contribution in [3.63, 3.8) is 0 Å². The zero-order valence-electron chi connectivity index (χ0n) is 18.4. The largest absolute Gasteiger partial charge is 0.378 e. The lowest BCUT2D eigenvalue weighted by molar-refractivity contribution is -0.137. The average Bonchev–Trinajstić information content (AvgIpc) is 3.61. The third-order valence-electron chi connectivity index (χ3n) is 6.20. The number of ether oxygens (including phenoxy) is 1. The summed E-state index contributed by atoms with van der Waals surface area (Å²) in [5.41, 5.74) is 1.44. The molecule has 1 saturated heterocycles. The van der Waals surface area contributed by atoms with E-state index in [-0.39, 0.29) is 11.7 Å². The van der Waals surface area contributed by atoms with Crippen LogP contribution >= 0.6 is 0 Å². The summed E-state index contributed by atoms with van der Waals surface area (Å²) in [6, 6.07) is 11.6. The van der Waals surface area contributed by atoms with E-state index in [0.29, 0.717) is 63.2 Å². The molecule has 0 spiro atoms. The molecule has 2 aromatic rings. The summed E-state index contributed by atoms with van der Waals surface area (Å²) >= 11 is 0. The van der Waals surface area contributed by atoms with Gasteiger partial charge in [0.2, 0.25) is 5.91 Å². The third-order valence-corrected chi connectivity index (χ3v) is 6.20. The Kier molecular flexibility index (Phi) is 7.67. The van der Waals surface area contributed by atoms with Gasteiger partial charge in [0.1, 0.15) is 17.7 Å². The van der Waals surface area contributed by atoms with Gasteiger partial charge in [-0.2, -0.15) is 0 Å². The molecule has 3 atom stereocenters. The SMILES string of the molecule is O=C(N[C@@H](CCCN[C@@H]1C[C@H]1c1ccc(F)cc1)C(=O)N1CCOCC1)c1ccc(F)cc1. The van der Waals surface area contributed by atoms with Crippen molar-refractivity contribution in [2.45, 2.75) is 37.3 Å². The molecule has 2 fully saturated rings. The van der Waals surface area contributed by atoms with Crippen molar-refractivity contribution in [3.8, 4) is 0 Å². The lowest BCUT2D eigenvalue weighted by atomic mass is 10.1. The number of morpholine rings is 1. The maximum absolute atomic E-state index is 13.2. The normalized spacial score (nSPS) is 20.8. The molecule has 2 aromatic carbocycles. The fraction of sp³-hybridized carbons (Fsp3) is 0.440. The van der Waals surface area contributed by atoms with E-state index >= 15 is 0 Å². The van der Waals surface area contributed by atoms with Gasteiger partial charge in [-0.25, -0.2) is 8.78 Å². The highest BCUT2D eigenvalue weighted by molar-refractivity contribution is 5.97. The van der Waals surface area contributed by atoms with E-state index in [2.05, 4.69) is 10.6 Å². The minimum Gasteiger partial charge on any atom is -0.378 e. The zero-order chi connectivity index (χ0) is 23.2. The highest BCUT2D eigenvalue weighted by atomic mass is 19.1. The van der Waals surface area contributed by atoms with Crippen LogP contribution in [0.3, 0.4) is 0 Å². The molecule has 1 heterocycles. The van der Waals surface area contributed by atoms with Crippen molar-refractivity contribution in [3.05, 3.63) is 71.3 Å². The Hall–Kier alpha value is -2.84. The Morgan fingerprint density at radius 1 is 1.00 bits per heavy atom. The van der Waals surface area contributed by atoms with Gasteiger partial charge < -0.3 is 20.3 Å². The van der Waals surface area contributed by atoms with Crippen molar-refractivity contribution in [1.82, 2.24) is 15.5 Å². The number of amides is 2. The lowest BCUT2D eigenvalue weighted by Crippen LogP contribution is -2.52. The maximum atomic E-state index is 13.2. The molecule has 8 heteroatoms. The number of rotatable bonds is 9. The summed E-state index contributed by atoms with van der Waals surface area (Å²) in [5.74, 6) is -0.785. The van der Waals surface area contributed by atoms with Crippen molar-refractivity contribution in [1.29, 1.82) is 0 Å². The molecular weight excluding hydrogens is 428 g/mol. The van der Waals surface area contributed by atoms with Crippen LogP contribution in [-0.2, 0) is 9.53 Å². The number of hydrogen-bond donors (Lipinski definition) is 2. The van der Waals surface area contributed by atoms with Gasteiger partial charge in [0.05, 0.1) is 13.2 Å². The summed E-state index contributed by atoms with van der Waals surface area (Å²) in [6.07, 6.45) is 2.20. The van der Waals surface area contributed by atoms with E-state index in [1.807, 2.05) is 12.1 Å². The van der Waals surface area contributed by atoms with Crippen LogP contribution < -0.4 is 10.6 Å². The first-order chi connectivity index (χ1) is 16.0. The van der Waals surface area contributed by atoms with Crippen LogP contribution in [0.25, 0.3) is 0 Å². The number of hydrogen-bond acceptors (Lipinski definition) is 4. The van der Waals surface area contributed by atoms with Gasteiger partial charge >= 0.3 is 0 Å². The average molecular weight is 458 g/mol. The molecule has 0 radical (unpaired) electrons. The van der Waals surface area contributed by atoms with Crippen LogP contribution in [0.15, 0.2) is 48.5 Å². The molecule has 33 heavy (non-hydrogen) atoms. The molecule has 0 aromatic heterocycles.